The van der Waals surface area contributed by atoms with E-state index >= 15 is 0 Å². The minimum Gasteiger partial charge on any atom is -0.260 e. The maximum Gasteiger partial charge on any atom is 0.271 e. The van der Waals surface area contributed by atoms with Gasteiger partial charge >= 0.3 is 0 Å². The highest BCUT2D eigenvalue weighted by molar-refractivity contribution is 6.29. The zero-order chi connectivity index (χ0) is 14.1. The van der Waals surface area contributed by atoms with Gasteiger partial charge in [0.15, 0.2) is 0 Å². The van der Waals surface area contributed by atoms with Crippen LogP contribution in [0.25, 0.3) is 10.9 Å². The molecule has 0 spiro atoms. The first-order chi connectivity index (χ1) is 9.63. The molecule has 0 atom stereocenters. The largest absolute Gasteiger partial charge is 0.271 e. The summed E-state index contributed by atoms with van der Waals surface area (Å²) in [5.74, 6) is 0. The van der Waals surface area contributed by atoms with Crippen molar-refractivity contribution in [1.82, 2.24) is 14.8 Å². The SMILES string of the molecule is O=[N+]([O-])c1ccc2cnn(Cc3ccc(Cl)nc3)c2c1. The van der Waals surface area contributed by atoms with Crippen LogP contribution in [0.3, 0.4) is 0 Å². The summed E-state index contributed by atoms with van der Waals surface area (Å²) in [4.78, 5) is 14.4. The number of halogens is 1. The zero-order valence-corrected chi connectivity index (χ0v) is 11.0. The number of non-ortho nitro benzene ring substituents is 1. The Labute approximate surface area is 118 Å². The number of pyridine rings is 1. The van der Waals surface area contributed by atoms with Crippen LogP contribution in [0.15, 0.2) is 42.7 Å². The molecule has 0 unspecified atom stereocenters. The molecule has 3 rings (SSSR count). The van der Waals surface area contributed by atoms with E-state index in [1.807, 2.05) is 6.07 Å². The molecule has 0 bridgehead atoms. The Kier molecular flexibility index (Phi) is 3.08. The third-order valence-electron chi connectivity index (χ3n) is 2.96. The Balaban J connectivity index is 2.00. The van der Waals surface area contributed by atoms with E-state index < -0.39 is 4.92 Å². The van der Waals surface area contributed by atoms with Gasteiger partial charge in [-0.1, -0.05) is 17.7 Å². The number of aromatic nitrogens is 3. The number of nitro groups is 1. The fraction of sp³-hybridized carbons (Fsp3) is 0.0769. The summed E-state index contributed by atoms with van der Waals surface area (Å²) in [7, 11) is 0. The van der Waals surface area contributed by atoms with E-state index in [0.717, 1.165) is 10.9 Å². The molecule has 20 heavy (non-hydrogen) atoms. The van der Waals surface area contributed by atoms with Gasteiger partial charge in [0.05, 0.1) is 23.2 Å². The average molecular weight is 289 g/mol. The van der Waals surface area contributed by atoms with Crippen LogP contribution in [0, 0.1) is 10.1 Å². The third kappa shape index (κ3) is 2.33. The van der Waals surface area contributed by atoms with Crippen LogP contribution in [0.2, 0.25) is 5.15 Å². The number of hydrogen-bond acceptors (Lipinski definition) is 4. The second-order valence-electron chi connectivity index (χ2n) is 4.29. The molecule has 0 N–H and O–H groups in total. The molecule has 0 aliphatic heterocycles. The molecule has 0 saturated carbocycles. The van der Waals surface area contributed by atoms with E-state index in [2.05, 4.69) is 10.1 Å². The number of rotatable bonds is 3. The van der Waals surface area contributed by atoms with Crippen molar-refractivity contribution < 1.29 is 4.92 Å². The second-order valence-corrected chi connectivity index (χ2v) is 4.68. The Bertz CT molecular complexity index is 783. The van der Waals surface area contributed by atoms with Crippen molar-refractivity contribution in [1.29, 1.82) is 0 Å². The molecule has 6 nitrogen and oxygen atoms in total. The maximum absolute atomic E-state index is 10.8. The van der Waals surface area contributed by atoms with Crippen molar-refractivity contribution in [3.8, 4) is 0 Å². The van der Waals surface area contributed by atoms with Gasteiger partial charge in [-0.2, -0.15) is 5.10 Å². The molecule has 7 heteroatoms. The minimum atomic E-state index is -0.416. The van der Waals surface area contributed by atoms with E-state index in [9.17, 15) is 10.1 Å². The van der Waals surface area contributed by atoms with E-state index in [0.29, 0.717) is 17.2 Å². The highest BCUT2D eigenvalue weighted by Crippen LogP contribution is 2.21. The molecule has 0 aliphatic carbocycles. The molecule has 3 aromatic rings. The lowest BCUT2D eigenvalue weighted by atomic mass is 10.2. The summed E-state index contributed by atoms with van der Waals surface area (Å²) in [5.41, 5.74) is 1.69. The van der Waals surface area contributed by atoms with Gasteiger partial charge in [0.1, 0.15) is 5.15 Å². The van der Waals surface area contributed by atoms with Crippen LogP contribution in [-0.2, 0) is 6.54 Å². The Morgan fingerprint density at radius 1 is 1.25 bits per heavy atom. The highest BCUT2D eigenvalue weighted by atomic mass is 35.5. The van der Waals surface area contributed by atoms with Crippen LogP contribution < -0.4 is 0 Å². The van der Waals surface area contributed by atoms with Crippen molar-refractivity contribution in [3.63, 3.8) is 0 Å². The molecular formula is C13H9ClN4O2. The number of nitro benzene ring substituents is 1. The van der Waals surface area contributed by atoms with Crippen LogP contribution in [0.4, 0.5) is 5.69 Å². The second kappa shape index (κ2) is 4.90. The van der Waals surface area contributed by atoms with E-state index in [1.54, 1.807) is 29.2 Å². The molecule has 0 saturated heterocycles. The first kappa shape index (κ1) is 12.6. The topological polar surface area (TPSA) is 73.8 Å². The van der Waals surface area contributed by atoms with Crippen molar-refractivity contribution in [2.45, 2.75) is 6.54 Å². The van der Waals surface area contributed by atoms with Crippen molar-refractivity contribution >= 4 is 28.2 Å². The lowest BCUT2D eigenvalue weighted by Gasteiger charge is -2.03. The lowest BCUT2D eigenvalue weighted by molar-refractivity contribution is -0.384. The molecule has 2 aromatic heterocycles. The fourth-order valence-electron chi connectivity index (χ4n) is 1.97. The van der Waals surface area contributed by atoms with Gasteiger partial charge in [0.25, 0.3) is 5.69 Å². The number of nitrogens with zero attached hydrogens (tertiary/aromatic N) is 4. The first-order valence-corrected chi connectivity index (χ1v) is 6.22. The minimum absolute atomic E-state index is 0.0495. The average Bonchev–Trinajstić information content (AvgIpc) is 2.84. The van der Waals surface area contributed by atoms with Crippen LogP contribution in [0.5, 0.6) is 0 Å². The maximum atomic E-state index is 10.8. The summed E-state index contributed by atoms with van der Waals surface area (Å²) < 4.78 is 1.70. The molecule has 1 aromatic carbocycles. The Morgan fingerprint density at radius 3 is 2.80 bits per heavy atom. The monoisotopic (exact) mass is 288 g/mol. The first-order valence-electron chi connectivity index (χ1n) is 5.84. The summed E-state index contributed by atoms with van der Waals surface area (Å²) in [6.07, 6.45) is 3.34. The molecule has 100 valence electrons. The van der Waals surface area contributed by atoms with Gasteiger partial charge in [-0.15, -0.1) is 0 Å². The predicted molar refractivity (Wildman–Crippen MR) is 74.7 cm³/mol. The molecule has 0 radical (unpaired) electrons. The van der Waals surface area contributed by atoms with E-state index in [-0.39, 0.29) is 5.69 Å². The van der Waals surface area contributed by atoms with Crippen LogP contribution in [0.1, 0.15) is 5.56 Å². The van der Waals surface area contributed by atoms with Crippen LogP contribution in [-0.4, -0.2) is 19.7 Å². The molecule has 0 fully saturated rings. The Hall–Kier alpha value is -2.47. The number of hydrogen-bond donors (Lipinski definition) is 0. The normalized spacial score (nSPS) is 10.8. The summed E-state index contributed by atoms with van der Waals surface area (Å²) in [5, 5.41) is 16.4. The highest BCUT2D eigenvalue weighted by Gasteiger charge is 2.10. The van der Waals surface area contributed by atoms with Gasteiger partial charge in [0.2, 0.25) is 0 Å². The number of fused-ring (bicyclic) bond motifs is 1. The molecule has 0 aliphatic rings. The molecule has 0 amide bonds. The van der Waals surface area contributed by atoms with E-state index in [4.69, 9.17) is 11.6 Å². The fourth-order valence-corrected chi connectivity index (χ4v) is 2.08. The summed E-state index contributed by atoms with van der Waals surface area (Å²) in [6, 6.07) is 8.23. The quantitative estimate of drug-likeness (QED) is 0.422. The van der Waals surface area contributed by atoms with Crippen molar-refractivity contribution in [2.75, 3.05) is 0 Å². The summed E-state index contributed by atoms with van der Waals surface area (Å²) >= 11 is 5.74. The predicted octanol–water partition coefficient (Wildman–Crippen LogP) is 3.04. The van der Waals surface area contributed by atoms with Crippen molar-refractivity contribution in [2.24, 2.45) is 0 Å². The Morgan fingerprint density at radius 2 is 2.10 bits per heavy atom. The van der Waals surface area contributed by atoms with Gasteiger partial charge < -0.3 is 0 Å². The van der Waals surface area contributed by atoms with Crippen molar-refractivity contribution in [3.05, 3.63) is 63.6 Å². The smallest absolute Gasteiger partial charge is 0.260 e. The summed E-state index contributed by atoms with van der Waals surface area (Å²) in [6.45, 7) is 0.481. The molecule has 2 heterocycles. The number of benzene rings is 1. The van der Waals surface area contributed by atoms with Gasteiger partial charge in [-0.3, -0.25) is 14.8 Å². The zero-order valence-electron chi connectivity index (χ0n) is 10.2. The molecular weight excluding hydrogens is 280 g/mol. The third-order valence-corrected chi connectivity index (χ3v) is 3.18. The lowest BCUT2D eigenvalue weighted by Crippen LogP contribution is -2.02. The standard InChI is InChI=1S/C13H9ClN4O2/c14-13-4-1-9(6-15-13)8-17-12-5-11(18(19)20)3-2-10(12)7-16-17/h1-7H,8H2. The van der Waals surface area contributed by atoms with Crippen LogP contribution >= 0.6 is 11.6 Å². The van der Waals surface area contributed by atoms with E-state index in [1.165, 1.54) is 12.1 Å². The van der Waals surface area contributed by atoms with Gasteiger partial charge in [-0.05, 0) is 17.7 Å². The van der Waals surface area contributed by atoms with Gasteiger partial charge in [0, 0.05) is 23.7 Å². The van der Waals surface area contributed by atoms with Gasteiger partial charge in [-0.25, -0.2) is 4.98 Å².